The third-order valence-corrected chi connectivity index (χ3v) is 4.53. The van der Waals surface area contributed by atoms with Gasteiger partial charge in [0.1, 0.15) is 5.76 Å². The summed E-state index contributed by atoms with van der Waals surface area (Å²) in [6.45, 7) is 3.55. The quantitative estimate of drug-likeness (QED) is 0.869. The zero-order chi connectivity index (χ0) is 15.1. The molecule has 6 heteroatoms. The number of aromatic nitrogens is 3. The van der Waals surface area contributed by atoms with E-state index >= 15 is 0 Å². The van der Waals surface area contributed by atoms with E-state index in [0.29, 0.717) is 11.6 Å². The van der Waals surface area contributed by atoms with Gasteiger partial charge in [-0.3, -0.25) is 9.48 Å². The molecule has 3 heterocycles. The van der Waals surface area contributed by atoms with Crippen molar-refractivity contribution in [2.75, 3.05) is 6.54 Å². The summed E-state index contributed by atoms with van der Waals surface area (Å²) < 4.78 is 7.23. The molecule has 0 bridgehead atoms. The first-order chi connectivity index (χ1) is 10.7. The number of carbonyl (C=O) groups is 1. The molecular weight excluding hydrogens is 280 g/mol. The second-order valence-electron chi connectivity index (χ2n) is 6.42. The van der Waals surface area contributed by atoms with Crippen LogP contribution in [0.2, 0.25) is 0 Å². The van der Waals surface area contributed by atoms with Crippen LogP contribution in [0.25, 0.3) is 0 Å². The van der Waals surface area contributed by atoms with Crippen LogP contribution in [0.1, 0.15) is 53.4 Å². The van der Waals surface area contributed by atoms with E-state index in [9.17, 15) is 4.79 Å². The van der Waals surface area contributed by atoms with Gasteiger partial charge >= 0.3 is 0 Å². The van der Waals surface area contributed by atoms with Crippen molar-refractivity contribution in [2.45, 2.75) is 51.1 Å². The zero-order valence-corrected chi connectivity index (χ0v) is 12.7. The van der Waals surface area contributed by atoms with Crippen LogP contribution in [0.15, 0.2) is 23.0 Å². The minimum absolute atomic E-state index is 0.0120. The second-order valence-corrected chi connectivity index (χ2v) is 6.42. The van der Waals surface area contributed by atoms with E-state index in [1.807, 2.05) is 35.0 Å². The molecule has 22 heavy (non-hydrogen) atoms. The molecular formula is C16H20N4O2. The highest BCUT2D eigenvalue weighted by atomic mass is 16.5. The van der Waals surface area contributed by atoms with E-state index in [4.69, 9.17) is 4.52 Å². The Morgan fingerprint density at radius 2 is 2.27 bits per heavy atom. The summed E-state index contributed by atoms with van der Waals surface area (Å²) in [7, 11) is 0. The highest BCUT2D eigenvalue weighted by Crippen LogP contribution is 2.40. The summed E-state index contributed by atoms with van der Waals surface area (Å²) in [6, 6.07) is 2.01. The molecule has 1 amide bonds. The molecule has 1 saturated carbocycles. The van der Waals surface area contributed by atoms with Gasteiger partial charge in [-0.2, -0.15) is 5.10 Å². The fourth-order valence-corrected chi connectivity index (χ4v) is 3.17. The summed E-state index contributed by atoms with van der Waals surface area (Å²) in [5, 5.41) is 8.30. The summed E-state index contributed by atoms with van der Waals surface area (Å²) in [4.78, 5) is 14.6. The lowest BCUT2D eigenvalue weighted by Gasteiger charge is -2.23. The Labute approximate surface area is 129 Å². The molecule has 1 aliphatic heterocycles. The van der Waals surface area contributed by atoms with Crippen molar-refractivity contribution in [2.24, 2.45) is 0 Å². The van der Waals surface area contributed by atoms with Crippen molar-refractivity contribution in [3.8, 4) is 0 Å². The minimum atomic E-state index is -0.0120. The molecule has 116 valence electrons. The topological polar surface area (TPSA) is 64.2 Å². The Morgan fingerprint density at radius 1 is 1.41 bits per heavy atom. The van der Waals surface area contributed by atoms with Gasteiger partial charge in [0.05, 0.1) is 18.8 Å². The molecule has 2 aromatic heterocycles. The Morgan fingerprint density at radius 3 is 3.00 bits per heavy atom. The van der Waals surface area contributed by atoms with Gasteiger partial charge in [-0.1, -0.05) is 5.16 Å². The number of likely N-dealkylation sites (tertiary alicyclic amines) is 1. The molecule has 0 unspecified atom stereocenters. The minimum Gasteiger partial charge on any atom is -0.360 e. The van der Waals surface area contributed by atoms with E-state index in [1.165, 1.54) is 0 Å². The molecule has 0 N–H and O–H groups in total. The molecule has 6 nitrogen and oxygen atoms in total. The number of rotatable bonds is 4. The predicted octanol–water partition coefficient (Wildman–Crippen LogP) is 2.36. The fourth-order valence-electron chi connectivity index (χ4n) is 3.17. The lowest BCUT2D eigenvalue weighted by Crippen LogP contribution is -2.38. The maximum Gasteiger partial charge on any atom is 0.276 e. The van der Waals surface area contributed by atoms with E-state index in [2.05, 4.69) is 10.3 Å². The van der Waals surface area contributed by atoms with Gasteiger partial charge in [-0.15, -0.1) is 0 Å². The maximum absolute atomic E-state index is 12.7. The molecule has 1 atom stereocenters. The van der Waals surface area contributed by atoms with E-state index in [-0.39, 0.29) is 11.9 Å². The molecule has 1 saturated heterocycles. The molecule has 2 fully saturated rings. The van der Waals surface area contributed by atoms with Gasteiger partial charge in [0.15, 0.2) is 5.69 Å². The highest BCUT2D eigenvalue weighted by molar-refractivity contribution is 5.92. The van der Waals surface area contributed by atoms with Gasteiger partial charge in [0.25, 0.3) is 5.91 Å². The van der Waals surface area contributed by atoms with Gasteiger partial charge in [-0.25, -0.2) is 0 Å². The smallest absolute Gasteiger partial charge is 0.276 e. The van der Waals surface area contributed by atoms with Crippen molar-refractivity contribution in [3.63, 3.8) is 0 Å². The molecule has 0 spiro atoms. The van der Waals surface area contributed by atoms with Crippen LogP contribution in [-0.4, -0.2) is 38.3 Å². The Balaban J connectivity index is 1.48. The van der Waals surface area contributed by atoms with Crippen LogP contribution >= 0.6 is 0 Å². The van der Waals surface area contributed by atoms with Gasteiger partial charge in [-0.05, 0) is 38.2 Å². The summed E-state index contributed by atoms with van der Waals surface area (Å²) >= 11 is 0. The Kier molecular flexibility index (Phi) is 3.24. The third kappa shape index (κ3) is 2.53. The van der Waals surface area contributed by atoms with Crippen LogP contribution in [0, 0.1) is 6.92 Å². The van der Waals surface area contributed by atoms with Crippen LogP contribution in [0.3, 0.4) is 0 Å². The van der Waals surface area contributed by atoms with E-state index < -0.39 is 0 Å². The van der Waals surface area contributed by atoms with Crippen LogP contribution in [0.4, 0.5) is 0 Å². The lowest BCUT2D eigenvalue weighted by atomic mass is 10.2. The fraction of sp³-hybridized carbons (Fsp3) is 0.562. The first kappa shape index (κ1) is 13.5. The first-order valence-corrected chi connectivity index (χ1v) is 7.97. The molecule has 0 aromatic carbocycles. The number of amides is 1. The number of aryl methyl sites for hydroxylation is 1. The summed E-state index contributed by atoms with van der Waals surface area (Å²) in [5.41, 5.74) is 1.59. The van der Waals surface area contributed by atoms with Crippen LogP contribution in [0.5, 0.6) is 0 Å². The van der Waals surface area contributed by atoms with Crippen LogP contribution < -0.4 is 0 Å². The Hall–Kier alpha value is -2.11. The van der Waals surface area contributed by atoms with Crippen molar-refractivity contribution >= 4 is 5.91 Å². The normalized spacial score (nSPS) is 21.5. The van der Waals surface area contributed by atoms with Crippen molar-refractivity contribution in [1.82, 2.24) is 19.8 Å². The average molecular weight is 300 g/mol. The zero-order valence-electron chi connectivity index (χ0n) is 12.7. The molecule has 2 aromatic rings. The van der Waals surface area contributed by atoms with Gasteiger partial charge < -0.3 is 9.42 Å². The molecule has 4 rings (SSSR count). The van der Waals surface area contributed by atoms with Gasteiger partial charge in [0.2, 0.25) is 0 Å². The van der Waals surface area contributed by atoms with Gasteiger partial charge in [0, 0.05) is 24.7 Å². The second kappa shape index (κ2) is 5.26. The monoisotopic (exact) mass is 300 g/mol. The predicted molar refractivity (Wildman–Crippen MR) is 79.5 cm³/mol. The van der Waals surface area contributed by atoms with Crippen molar-refractivity contribution in [1.29, 1.82) is 0 Å². The highest BCUT2D eigenvalue weighted by Gasteiger charge is 2.33. The SMILES string of the molecule is Cc1cnn(C[C@@H]2CCCN2C(=O)c2cc(C3CC3)on2)c1. The number of nitrogens with zero attached hydrogens (tertiary/aromatic N) is 4. The summed E-state index contributed by atoms with van der Waals surface area (Å²) in [6.07, 6.45) is 8.20. The maximum atomic E-state index is 12.7. The number of carbonyl (C=O) groups excluding carboxylic acids is 1. The molecule has 1 aliphatic carbocycles. The third-order valence-electron chi connectivity index (χ3n) is 4.53. The van der Waals surface area contributed by atoms with Crippen molar-refractivity contribution < 1.29 is 9.32 Å². The van der Waals surface area contributed by atoms with E-state index in [0.717, 1.165) is 50.1 Å². The molecule has 2 aliphatic rings. The summed E-state index contributed by atoms with van der Waals surface area (Å²) in [5.74, 6) is 1.33. The van der Waals surface area contributed by atoms with E-state index in [1.54, 1.807) is 0 Å². The first-order valence-electron chi connectivity index (χ1n) is 7.97. The average Bonchev–Trinajstić information content (AvgIpc) is 2.92. The lowest BCUT2D eigenvalue weighted by molar-refractivity contribution is 0.0711. The largest absolute Gasteiger partial charge is 0.360 e. The standard InChI is InChI=1S/C16H20N4O2/c1-11-8-17-19(9-11)10-13-3-2-6-20(13)16(21)14-7-15(22-18-14)12-4-5-12/h7-9,12-13H,2-6,10H2,1H3/t13-/m0/s1. The Bertz CT molecular complexity index is 686. The van der Waals surface area contributed by atoms with Crippen LogP contribution in [-0.2, 0) is 6.54 Å². The number of hydrogen-bond acceptors (Lipinski definition) is 4. The number of hydrogen-bond donors (Lipinski definition) is 0. The molecule has 0 radical (unpaired) electrons. The van der Waals surface area contributed by atoms with Crippen molar-refractivity contribution in [3.05, 3.63) is 35.5 Å².